The van der Waals surface area contributed by atoms with Gasteiger partial charge in [0.2, 0.25) is 5.91 Å². The predicted octanol–water partition coefficient (Wildman–Crippen LogP) is 3.76. The number of nitrogens with one attached hydrogen (secondary N) is 3. The molecule has 0 aliphatic carbocycles. The Morgan fingerprint density at radius 1 is 1.10 bits per heavy atom. The van der Waals surface area contributed by atoms with E-state index in [4.69, 9.17) is 4.74 Å². The fraction of sp³-hybridized carbons (Fsp3) is 0.522. The average Bonchev–Trinajstić information content (AvgIpc) is 3.08. The number of aromatic nitrogens is 1. The second-order valence-electron chi connectivity index (χ2n) is 8.61. The average molecular weight is 432 g/mol. The lowest BCUT2D eigenvalue weighted by Crippen LogP contribution is -2.42. The zero-order chi connectivity index (χ0) is 22.9. The Morgan fingerprint density at radius 3 is 2.52 bits per heavy atom. The molecule has 0 fully saturated rings. The molecule has 2 amide bonds. The smallest absolute Gasteiger partial charge is 0.407 e. The summed E-state index contributed by atoms with van der Waals surface area (Å²) < 4.78 is 5.16. The maximum atomic E-state index is 12.2. The van der Waals surface area contributed by atoms with E-state index >= 15 is 0 Å². The number of unbranched alkanes of at least 4 members (excludes halogenated alkanes) is 3. The van der Waals surface area contributed by atoms with Gasteiger partial charge in [0.15, 0.2) is 0 Å². The second kappa shape index (κ2) is 11.4. The first kappa shape index (κ1) is 24.2. The molecule has 1 aromatic carbocycles. The van der Waals surface area contributed by atoms with Gasteiger partial charge in [-0.2, -0.15) is 0 Å². The monoisotopic (exact) mass is 431 g/mol. The minimum absolute atomic E-state index is 0.224. The van der Waals surface area contributed by atoms with Crippen LogP contribution in [0.5, 0.6) is 0 Å². The van der Waals surface area contributed by atoms with Crippen LogP contribution in [0.1, 0.15) is 58.4 Å². The molecule has 31 heavy (non-hydrogen) atoms. The number of hydrogen-bond donors (Lipinski definition) is 4. The van der Waals surface area contributed by atoms with Crippen molar-refractivity contribution in [3.8, 4) is 0 Å². The van der Waals surface area contributed by atoms with Gasteiger partial charge in [0.1, 0.15) is 11.6 Å². The number of fused-ring (bicyclic) bond motifs is 1. The van der Waals surface area contributed by atoms with Gasteiger partial charge in [-0.1, -0.05) is 31.0 Å². The van der Waals surface area contributed by atoms with Crippen molar-refractivity contribution in [2.75, 3.05) is 6.54 Å². The molecule has 170 valence electrons. The lowest BCUT2D eigenvalue weighted by Gasteiger charge is -2.19. The zero-order valence-corrected chi connectivity index (χ0v) is 18.5. The first-order chi connectivity index (χ1) is 14.7. The van der Waals surface area contributed by atoms with Gasteiger partial charge >= 0.3 is 12.1 Å². The molecule has 0 spiro atoms. The van der Waals surface area contributed by atoms with E-state index in [2.05, 4.69) is 15.6 Å². The minimum atomic E-state index is -1.05. The quantitative estimate of drug-likeness (QED) is 0.404. The van der Waals surface area contributed by atoms with Crippen LogP contribution in [0.3, 0.4) is 0 Å². The number of carbonyl (C=O) groups excluding carboxylic acids is 2. The second-order valence-corrected chi connectivity index (χ2v) is 8.61. The molecule has 1 atom stereocenters. The molecule has 0 bridgehead atoms. The SMILES string of the molecule is CC(C)(C)OC(=O)NCCCCCCC(=O)N[C@H](Cc1c[nH]c2ccccc12)C(=O)O. The number of aromatic amines is 1. The maximum absolute atomic E-state index is 12.2. The van der Waals surface area contributed by atoms with Crippen LogP contribution < -0.4 is 10.6 Å². The molecule has 1 aromatic heterocycles. The first-order valence-corrected chi connectivity index (χ1v) is 10.7. The molecule has 2 aromatic rings. The Morgan fingerprint density at radius 2 is 1.81 bits per heavy atom. The van der Waals surface area contributed by atoms with Gasteiger partial charge in [0.05, 0.1) is 0 Å². The summed E-state index contributed by atoms with van der Waals surface area (Å²) in [6.45, 7) is 5.96. The highest BCUT2D eigenvalue weighted by atomic mass is 16.6. The third-order valence-corrected chi connectivity index (χ3v) is 4.73. The van der Waals surface area contributed by atoms with E-state index in [1.54, 1.807) is 6.20 Å². The number of rotatable bonds is 11. The van der Waals surface area contributed by atoms with E-state index in [1.807, 2.05) is 45.0 Å². The number of para-hydroxylation sites is 1. The fourth-order valence-corrected chi connectivity index (χ4v) is 3.26. The molecular weight excluding hydrogens is 398 g/mol. The summed E-state index contributed by atoms with van der Waals surface area (Å²) in [7, 11) is 0. The number of H-pyrrole nitrogens is 1. The molecular formula is C23H33N3O5. The van der Waals surface area contributed by atoms with Crippen LogP contribution in [-0.4, -0.2) is 46.2 Å². The van der Waals surface area contributed by atoms with Crippen molar-refractivity contribution in [3.05, 3.63) is 36.0 Å². The summed E-state index contributed by atoms with van der Waals surface area (Å²) in [5.41, 5.74) is 1.29. The third kappa shape index (κ3) is 8.70. The zero-order valence-electron chi connectivity index (χ0n) is 18.5. The van der Waals surface area contributed by atoms with Crippen molar-refractivity contribution in [1.82, 2.24) is 15.6 Å². The molecule has 1 heterocycles. The molecule has 8 heteroatoms. The fourth-order valence-electron chi connectivity index (χ4n) is 3.26. The van der Waals surface area contributed by atoms with Gasteiger partial charge in [0, 0.05) is 36.5 Å². The van der Waals surface area contributed by atoms with Crippen LogP contribution in [0, 0.1) is 0 Å². The summed E-state index contributed by atoms with van der Waals surface area (Å²) >= 11 is 0. The minimum Gasteiger partial charge on any atom is -0.480 e. The Labute approximate surface area is 182 Å². The summed E-state index contributed by atoms with van der Waals surface area (Å²) in [4.78, 5) is 38.5. The Hall–Kier alpha value is -3.03. The summed E-state index contributed by atoms with van der Waals surface area (Å²) in [6.07, 6.45) is 5.00. The van der Waals surface area contributed by atoms with E-state index in [9.17, 15) is 19.5 Å². The van der Waals surface area contributed by atoms with Crippen molar-refractivity contribution in [3.63, 3.8) is 0 Å². The summed E-state index contributed by atoms with van der Waals surface area (Å²) in [5.74, 6) is -1.31. The highest BCUT2D eigenvalue weighted by molar-refractivity contribution is 5.86. The van der Waals surface area contributed by atoms with Gasteiger partial charge in [-0.05, 0) is 45.2 Å². The molecule has 4 N–H and O–H groups in total. The number of carboxylic acid groups (broad SMARTS) is 1. The molecule has 0 saturated heterocycles. The number of ether oxygens (including phenoxy) is 1. The first-order valence-electron chi connectivity index (χ1n) is 10.7. The molecule has 0 aliphatic rings. The van der Waals surface area contributed by atoms with Crippen LogP contribution in [0.2, 0.25) is 0 Å². The topological polar surface area (TPSA) is 121 Å². The third-order valence-electron chi connectivity index (χ3n) is 4.73. The number of benzene rings is 1. The molecule has 2 rings (SSSR count). The molecule has 0 saturated carbocycles. The Balaban J connectivity index is 1.66. The van der Waals surface area contributed by atoms with Crippen LogP contribution >= 0.6 is 0 Å². The lowest BCUT2D eigenvalue weighted by molar-refractivity contribution is -0.141. The number of alkyl carbamates (subject to hydrolysis) is 1. The number of carbonyl (C=O) groups is 3. The van der Waals surface area contributed by atoms with Gasteiger partial charge in [-0.15, -0.1) is 0 Å². The van der Waals surface area contributed by atoms with Crippen LogP contribution in [-0.2, 0) is 20.7 Å². The highest BCUT2D eigenvalue weighted by Gasteiger charge is 2.21. The Kier molecular flexibility index (Phi) is 8.90. The highest BCUT2D eigenvalue weighted by Crippen LogP contribution is 2.19. The van der Waals surface area contributed by atoms with Crippen LogP contribution in [0.25, 0.3) is 10.9 Å². The molecule has 8 nitrogen and oxygen atoms in total. The normalized spacial score (nSPS) is 12.4. The Bertz CT molecular complexity index is 885. The molecule has 0 aliphatic heterocycles. The predicted molar refractivity (Wildman–Crippen MR) is 119 cm³/mol. The van der Waals surface area contributed by atoms with Crippen molar-refractivity contribution in [1.29, 1.82) is 0 Å². The molecule has 0 unspecified atom stereocenters. The maximum Gasteiger partial charge on any atom is 0.407 e. The van der Waals surface area contributed by atoms with Crippen molar-refractivity contribution in [2.24, 2.45) is 0 Å². The lowest BCUT2D eigenvalue weighted by atomic mass is 10.0. The van der Waals surface area contributed by atoms with E-state index in [0.717, 1.165) is 35.7 Å². The van der Waals surface area contributed by atoms with Gasteiger partial charge in [0.25, 0.3) is 0 Å². The summed E-state index contributed by atoms with van der Waals surface area (Å²) in [5, 5.41) is 15.8. The number of amides is 2. The summed E-state index contributed by atoms with van der Waals surface area (Å²) in [6, 6.07) is 6.70. The van der Waals surface area contributed by atoms with E-state index in [-0.39, 0.29) is 18.7 Å². The van der Waals surface area contributed by atoms with E-state index in [0.29, 0.717) is 13.0 Å². The number of hydrogen-bond acceptors (Lipinski definition) is 4. The standard InChI is InChI=1S/C23H33N3O5/c1-23(2,3)31-22(30)24-13-9-5-4-6-12-20(27)26-19(21(28)29)14-16-15-25-18-11-8-7-10-17(16)18/h7-8,10-11,15,19,25H,4-6,9,12-14H2,1-3H3,(H,24,30)(H,26,27)(H,28,29)/t19-/m1/s1. The van der Waals surface area contributed by atoms with Crippen molar-refractivity contribution < 1.29 is 24.2 Å². The van der Waals surface area contributed by atoms with E-state index in [1.165, 1.54) is 0 Å². The number of aliphatic carboxylic acids is 1. The van der Waals surface area contributed by atoms with Crippen molar-refractivity contribution >= 4 is 28.9 Å². The largest absolute Gasteiger partial charge is 0.480 e. The van der Waals surface area contributed by atoms with Crippen molar-refractivity contribution in [2.45, 2.75) is 70.9 Å². The van der Waals surface area contributed by atoms with Gasteiger partial charge in [-0.25, -0.2) is 9.59 Å². The van der Waals surface area contributed by atoms with Crippen LogP contribution in [0.15, 0.2) is 30.5 Å². The van der Waals surface area contributed by atoms with E-state index < -0.39 is 23.7 Å². The van der Waals surface area contributed by atoms with Crippen LogP contribution in [0.4, 0.5) is 4.79 Å². The van der Waals surface area contributed by atoms with Gasteiger partial charge < -0.3 is 25.5 Å². The number of carboxylic acids is 1. The van der Waals surface area contributed by atoms with Gasteiger partial charge in [-0.3, -0.25) is 4.79 Å². The molecule has 0 radical (unpaired) electrons.